The second kappa shape index (κ2) is 11.5. The molecule has 0 N–H and O–H groups in total. The van der Waals surface area contributed by atoms with Crippen molar-refractivity contribution in [3.8, 4) is 29.1 Å². The van der Waals surface area contributed by atoms with E-state index in [0.29, 0.717) is 66.8 Å². The van der Waals surface area contributed by atoms with Gasteiger partial charge in [0.2, 0.25) is 11.8 Å². The number of anilines is 1. The van der Waals surface area contributed by atoms with Gasteiger partial charge in [0.1, 0.15) is 17.8 Å². The fourth-order valence-electron chi connectivity index (χ4n) is 9.45. The maximum absolute atomic E-state index is 14.7. The lowest BCUT2D eigenvalue weighted by Gasteiger charge is -2.42. The van der Waals surface area contributed by atoms with E-state index in [-0.39, 0.29) is 35.6 Å². The highest BCUT2D eigenvalue weighted by molar-refractivity contribution is 6.34. The van der Waals surface area contributed by atoms with Gasteiger partial charge >= 0.3 is 0 Å². The number of carbonyl (C=O) groups is 1. The molecule has 0 spiro atoms. The summed E-state index contributed by atoms with van der Waals surface area (Å²) in [6, 6.07) is 14.6. The molecule has 1 aromatic heterocycles. The molecule has 8 rings (SSSR count). The number of hydrogen-bond donors (Lipinski definition) is 0. The molecular formula is C38H37ClFN5O2. The molecule has 4 aliphatic carbocycles. The maximum Gasteiger partial charge on any atom is 0.246 e. The van der Waals surface area contributed by atoms with Crippen LogP contribution in [-0.4, -0.2) is 54.2 Å². The van der Waals surface area contributed by atoms with Gasteiger partial charge in [0.25, 0.3) is 0 Å². The van der Waals surface area contributed by atoms with Crippen LogP contribution >= 0.6 is 11.6 Å². The molecule has 0 bridgehead atoms. The van der Waals surface area contributed by atoms with Crippen LogP contribution < -0.4 is 9.64 Å². The van der Waals surface area contributed by atoms with Crippen LogP contribution in [0.5, 0.6) is 5.88 Å². The van der Waals surface area contributed by atoms with Gasteiger partial charge in [-0.05, 0) is 91.2 Å². The molecule has 3 aromatic rings. The Labute approximate surface area is 279 Å². The van der Waals surface area contributed by atoms with Crippen LogP contribution in [0.3, 0.4) is 0 Å². The van der Waals surface area contributed by atoms with E-state index < -0.39 is 6.17 Å². The summed E-state index contributed by atoms with van der Waals surface area (Å²) in [5.74, 6) is 1.60. The van der Waals surface area contributed by atoms with Gasteiger partial charge in [0.05, 0.1) is 36.3 Å². The predicted molar refractivity (Wildman–Crippen MR) is 179 cm³/mol. The quantitative estimate of drug-likeness (QED) is 0.246. The van der Waals surface area contributed by atoms with Gasteiger partial charge in [-0.15, -0.1) is 0 Å². The number of piperazine rings is 1. The summed E-state index contributed by atoms with van der Waals surface area (Å²) in [5, 5.41) is 21.6. The zero-order valence-corrected chi connectivity index (χ0v) is 27.1. The Bertz CT molecular complexity index is 1900. The number of halogens is 2. The number of alkyl halides is 1. The van der Waals surface area contributed by atoms with Crippen molar-refractivity contribution in [2.24, 2.45) is 17.3 Å². The Morgan fingerprint density at radius 2 is 2.11 bits per heavy atom. The first-order chi connectivity index (χ1) is 22.8. The summed E-state index contributed by atoms with van der Waals surface area (Å²) in [4.78, 5) is 21.4. The lowest BCUT2D eigenvalue weighted by Crippen LogP contribution is -2.55. The Morgan fingerprint density at radius 1 is 1.23 bits per heavy atom. The number of hydrogen-bond acceptors (Lipinski definition) is 6. The molecule has 5 aliphatic rings. The van der Waals surface area contributed by atoms with E-state index in [0.717, 1.165) is 48.1 Å². The number of fused-ring (bicyclic) bond motifs is 5. The predicted octanol–water partition coefficient (Wildman–Crippen LogP) is 7.50. The molecule has 1 amide bonds. The molecule has 1 aliphatic heterocycles. The number of pyridine rings is 1. The van der Waals surface area contributed by atoms with Gasteiger partial charge < -0.3 is 14.5 Å². The number of ether oxygens (including phenoxy) is 1. The largest absolute Gasteiger partial charge is 0.476 e. The van der Waals surface area contributed by atoms with E-state index in [1.165, 1.54) is 23.6 Å². The van der Waals surface area contributed by atoms with Crippen LogP contribution in [0.4, 0.5) is 10.1 Å². The fourth-order valence-corrected chi connectivity index (χ4v) is 9.71. The van der Waals surface area contributed by atoms with Gasteiger partial charge in [-0.25, -0.2) is 9.37 Å². The van der Waals surface area contributed by atoms with Crippen LogP contribution in [-0.2, 0) is 11.2 Å². The molecule has 7 nitrogen and oxygen atoms in total. The zero-order valence-electron chi connectivity index (χ0n) is 26.4. The first kappa shape index (κ1) is 30.2. The number of benzene rings is 2. The minimum absolute atomic E-state index is 0.144. The van der Waals surface area contributed by atoms with Crippen molar-refractivity contribution in [3.63, 3.8) is 0 Å². The number of rotatable bonds is 7. The number of aromatic nitrogens is 1. The fraction of sp³-hybridized carbons (Fsp3) is 0.474. The highest BCUT2D eigenvalue weighted by atomic mass is 35.5. The molecule has 1 saturated heterocycles. The lowest BCUT2D eigenvalue weighted by molar-refractivity contribution is -0.128. The molecule has 4 unspecified atom stereocenters. The lowest BCUT2D eigenvalue weighted by atomic mass is 9.81. The molecule has 47 heavy (non-hydrogen) atoms. The van der Waals surface area contributed by atoms with E-state index in [4.69, 9.17) is 21.3 Å². The van der Waals surface area contributed by atoms with Crippen molar-refractivity contribution in [3.05, 3.63) is 64.7 Å². The average Bonchev–Trinajstić information content (AvgIpc) is 3.39. The van der Waals surface area contributed by atoms with E-state index in [1.54, 1.807) is 4.90 Å². The van der Waals surface area contributed by atoms with Gasteiger partial charge in [-0.1, -0.05) is 42.8 Å². The zero-order chi connectivity index (χ0) is 32.4. The van der Waals surface area contributed by atoms with Crippen LogP contribution in [0.2, 0.25) is 5.02 Å². The smallest absolute Gasteiger partial charge is 0.246 e. The Hall–Kier alpha value is -4.14. The van der Waals surface area contributed by atoms with E-state index >= 15 is 0 Å². The van der Waals surface area contributed by atoms with Gasteiger partial charge in [0, 0.05) is 41.0 Å². The molecule has 2 aromatic carbocycles. The van der Waals surface area contributed by atoms with Crippen molar-refractivity contribution in [1.29, 1.82) is 10.5 Å². The summed E-state index contributed by atoms with van der Waals surface area (Å²) < 4.78 is 21.2. The molecular weight excluding hydrogens is 613 g/mol. The Morgan fingerprint density at radius 3 is 2.91 bits per heavy atom. The molecule has 240 valence electrons. The molecule has 3 saturated carbocycles. The summed E-state index contributed by atoms with van der Waals surface area (Å²) in [5.41, 5.74) is 6.18. The molecule has 9 heteroatoms. The second-order valence-electron chi connectivity index (χ2n) is 14.3. The highest BCUT2D eigenvalue weighted by Gasteiger charge is 2.51. The third-order valence-corrected chi connectivity index (χ3v) is 12.0. The summed E-state index contributed by atoms with van der Waals surface area (Å²) in [6.45, 7) is 5.13. The van der Waals surface area contributed by atoms with Crippen molar-refractivity contribution in [1.82, 2.24) is 9.88 Å². The Kier molecular flexibility index (Phi) is 7.41. The van der Waals surface area contributed by atoms with Crippen LogP contribution in [0.1, 0.15) is 67.6 Å². The number of amides is 1. The minimum atomic E-state index is -0.825. The summed E-state index contributed by atoms with van der Waals surface area (Å²) in [7, 11) is 0. The molecule has 4 fully saturated rings. The van der Waals surface area contributed by atoms with Crippen molar-refractivity contribution in [2.45, 2.75) is 69.5 Å². The number of nitrogens with zero attached hydrogens (tertiary/aromatic N) is 5. The van der Waals surface area contributed by atoms with E-state index in [2.05, 4.69) is 41.8 Å². The topological polar surface area (TPSA) is 93.2 Å². The average molecular weight is 650 g/mol. The number of carbonyl (C=O) groups excluding carboxylic acids is 1. The van der Waals surface area contributed by atoms with Crippen molar-refractivity contribution >= 4 is 34.1 Å². The third kappa shape index (κ3) is 4.95. The SMILES string of the molecule is C=CC(=O)N1CCN(c2c(C#N)c(OCC34CCCC3C[C@H](F)C4)nc3cc(-c4cccc5c4C4CC4C5)c(Cl)cc23)C[C@@H]1CC#N. The maximum atomic E-state index is 14.7. The van der Waals surface area contributed by atoms with Crippen molar-refractivity contribution in [2.75, 3.05) is 31.1 Å². The van der Waals surface area contributed by atoms with Gasteiger partial charge in [-0.3, -0.25) is 4.79 Å². The molecule has 2 heterocycles. The van der Waals surface area contributed by atoms with E-state index in [9.17, 15) is 19.7 Å². The van der Waals surface area contributed by atoms with Crippen molar-refractivity contribution < 1.29 is 13.9 Å². The first-order valence-electron chi connectivity index (χ1n) is 16.9. The monoisotopic (exact) mass is 649 g/mol. The van der Waals surface area contributed by atoms with Gasteiger partial charge in [-0.2, -0.15) is 10.5 Å². The molecule has 6 atom stereocenters. The number of nitriles is 2. The summed E-state index contributed by atoms with van der Waals surface area (Å²) in [6.07, 6.45) is 6.95. The third-order valence-electron chi connectivity index (χ3n) is 11.7. The van der Waals surface area contributed by atoms with Crippen LogP contribution in [0, 0.1) is 39.9 Å². The van der Waals surface area contributed by atoms with Crippen LogP contribution in [0.15, 0.2) is 43.0 Å². The van der Waals surface area contributed by atoms with Gasteiger partial charge in [0.15, 0.2) is 0 Å². The first-order valence-corrected chi connectivity index (χ1v) is 17.2. The second-order valence-corrected chi connectivity index (χ2v) is 14.7. The minimum Gasteiger partial charge on any atom is -0.476 e. The van der Waals surface area contributed by atoms with E-state index in [1.807, 2.05) is 12.1 Å². The Balaban J connectivity index is 1.25. The normalized spacial score (nSPS) is 28.7. The molecule has 0 radical (unpaired) electrons. The summed E-state index contributed by atoms with van der Waals surface area (Å²) >= 11 is 7.13. The standard InChI is InChI=1S/C38H37ClFN5O2/c1-2-34(46)45-12-11-44(20-26(45)8-10-41)36-30-16-32(39)29(27-7-3-5-22-13-23-14-28(23)35(22)27)17-33(30)43-37(31(36)19-42)47-21-38-9-4-6-24(38)15-25(40)18-38/h2-3,5,7,16-17,23-26,28H,1,4,6,8-9,11-15,18,20-21H2/t23?,24?,25-,26-,28?,38?/m0/s1. The van der Waals surface area contributed by atoms with Crippen LogP contribution in [0.25, 0.3) is 22.0 Å². The highest BCUT2D eigenvalue weighted by Crippen LogP contribution is 2.59.